The number of nitrogens with zero attached hydrogens (tertiary/aromatic N) is 1. The number of likely N-dealkylation sites (tertiary alicyclic amines) is 1. The van der Waals surface area contributed by atoms with Crippen molar-refractivity contribution in [2.45, 2.75) is 19.4 Å². The maximum Gasteiger partial charge on any atom is 0.258 e. The van der Waals surface area contributed by atoms with Crippen molar-refractivity contribution in [1.29, 1.82) is 0 Å². The number of carbonyl (C=O) groups is 2. The van der Waals surface area contributed by atoms with Crippen molar-refractivity contribution in [2.24, 2.45) is 0 Å². The first-order valence-electron chi connectivity index (χ1n) is 6.48. The second kappa shape index (κ2) is 6.74. The van der Waals surface area contributed by atoms with Gasteiger partial charge in [0.1, 0.15) is 5.75 Å². The van der Waals surface area contributed by atoms with Gasteiger partial charge in [-0.25, -0.2) is 0 Å². The summed E-state index contributed by atoms with van der Waals surface area (Å²) in [6.45, 7) is 2.79. The summed E-state index contributed by atoms with van der Waals surface area (Å²) in [5.41, 5.74) is 0. The number of ether oxygens (including phenoxy) is 1. The van der Waals surface area contributed by atoms with Crippen LogP contribution in [0, 0.1) is 0 Å². The summed E-state index contributed by atoms with van der Waals surface area (Å²) >= 11 is 3.36. The van der Waals surface area contributed by atoms with E-state index in [2.05, 4.69) is 21.2 Å². The molecule has 1 aromatic carbocycles. The molecule has 0 spiro atoms. The van der Waals surface area contributed by atoms with Crippen molar-refractivity contribution in [3.05, 3.63) is 28.7 Å². The molecule has 1 atom stereocenters. The zero-order valence-corrected chi connectivity index (χ0v) is 12.9. The molecule has 108 valence electrons. The van der Waals surface area contributed by atoms with Crippen LogP contribution in [0.25, 0.3) is 0 Å². The number of nitrogens with one attached hydrogen (secondary N) is 1. The maximum absolute atomic E-state index is 11.8. The Kier molecular flexibility index (Phi) is 5.00. The molecule has 1 aliphatic heterocycles. The van der Waals surface area contributed by atoms with Gasteiger partial charge in [-0.2, -0.15) is 0 Å². The molecule has 0 aromatic heterocycles. The summed E-state index contributed by atoms with van der Waals surface area (Å²) in [4.78, 5) is 24.7. The lowest BCUT2D eigenvalue weighted by atomic mass is 10.2. The number of hydrogen-bond acceptors (Lipinski definition) is 3. The SMILES string of the molecule is CC(=O)N1CCC(NC(=O)COc2ccccc2Br)C1. The number of benzene rings is 1. The molecule has 1 heterocycles. The molecule has 2 rings (SSSR count). The number of carbonyl (C=O) groups excluding carboxylic acids is 2. The third-order valence-electron chi connectivity index (χ3n) is 3.19. The van der Waals surface area contributed by atoms with Gasteiger partial charge in [-0.1, -0.05) is 12.1 Å². The van der Waals surface area contributed by atoms with Crippen LogP contribution in [0.3, 0.4) is 0 Å². The molecule has 0 aliphatic carbocycles. The normalized spacial score (nSPS) is 17.9. The van der Waals surface area contributed by atoms with Gasteiger partial charge in [-0.3, -0.25) is 9.59 Å². The van der Waals surface area contributed by atoms with E-state index < -0.39 is 0 Å². The zero-order chi connectivity index (χ0) is 14.5. The second-order valence-electron chi connectivity index (χ2n) is 4.74. The van der Waals surface area contributed by atoms with E-state index in [0.29, 0.717) is 18.8 Å². The number of halogens is 1. The van der Waals surface area contributed by atoms with E-state index in [-0.39, 0.29) is 24.5 Å². The zero-order valence-electron chi connectivity index (χ0n) is 11.3. The molecule has 5 nitrogen and oxygen atoms in total. The summed E-state index contributed by atoms with van der Waals surface area (Å²) in [7, 11) is 0. The molecule has 1 aromatic rings. The summed E-state index contributed by atoms with van der Waals surface area (Å²) in [6.07, 6.45) is 0.792. The van der Waals surface area contributed by atoms with Crippen LogP contribution in [-0.4, -0.2) is 42.5 Å². The fourth-order valence-corrected chi connectivity index (χ4v) is 2.54. The molecule has 1 aliphatic rings. The van der Waals surface area contributed by atoms with Crippen molar-refractivity contribution < 1.29 is 14.3 Å². The van der Waals surface area contributed by atoms with Crippen LogP contribution in [-0.2, 0) is 9.59 Å². The van der Waals surface area contributed by atoms with Crippen LogP contribution in [0.15, 0.2) is 28.7 Å². The van der Waals surface area contributed by atoms with Crippen molar-refractivity contribution in [3.63, 3.8) is 0 Å². The van der Waals surface area contributed by atoms with Crippen molar-refractivity contribution in [3.8, 4) is 5.75 Å². The van der Waals surface area contributed by atoms with E-state index >= 15 is 0 Å². The molecule has 1 N–H and O–H groups in total. The van der Waals surface area contributed by atoms with Crippen molar-refractivity contribution in [2.75, 3.05) is 19.7 Å². The van der Waals surface area contributed by atoms with Gasteiger partial charge < -0.3 is 15.0 Å². The number of para-hydroxylation sites is 1. The van der Waals surface area contributed by atoms with Gasteiger partial charge in [-0.15, -0.1) is 0 Å². The van der Waals surface area contributed by atoms with Gasteiger partial charge in [0, 0.05) is 26.1 Å². The molecule has 6 heteroatoms. The molecular formula is C14H17BrN2O3. The standard InChI is InChI=1S/C14H17BrN2O3/c1-10(18)17-7-6-11(8-17)16-14(19)9-20-13-5-3-2-4-12(13)15/h2-5,11H,6-9H2,1H3,(H,16,19). The van der Waals surface area contributed by atoms with Crippen LogP contribution < -0.4 is 10.1 Å². The van der Waals surface area contributed by atoms with Gasteiger partial charge in [-0.05, 0) is 34.5 Å². The highest BCUT2D eigenvalue weighted by Crippen LogP contribution is 2.23. The Morgan fingerprint density at radius 1 is 1.45 bits per heavy atom. The first-order chi connectivity index (χ1) is 9.56. The fourth-order valence-electron chi connectivity index (χ4n) is 2.14. The Bertz CT molecular complexity index is 507. The second-order valence-corrected chi connectivity index (χ2v) is 5.59. The topological polar surface area (TPSA) is 58.6 Å². The smallest absolute Gasteiger partial charge is 0.258 e. The molecule has 1 saturated heterocycles. The van der Waals surface area contributed by atoms with Gasteiger partial charge in [0.05, 0.1) is 4.47 Å². The first-order valence-corrected chi connectivity index (χ1v) is 7.28. The molecule has 1 fully saturated rings. The van der Waals surface area contributed by atoms with E-state index in [4.69, 9.17) is 4.74 Å². The molecular weight excluding hydrogens is 324 g/mol. The van der Waals surface area contributed by atoms with Crippen LogP contribution in [0.5, 0.6) is 5.75 Å². The molecule has 20 heavy (non-hydrogen) atoms. The van der Waals surface area contributed by atoms with Gasteiger partial charge >= 0.3 is 0 Å². The predicted molar refractivity (Wildman–Crippen MR) is 78.4 cm³/mol. The Hall–Kier alpha value is -1.56. The molecule has 0 radical (unpaired) electrons. The third-order valence-corrected chi connectivity index (χ3v) is 3.85. The van der Waals surface area contributed by atoms with Crippen LogP contribution in [0.2, 0.25) is 0 Å². The minimum atomic E-state index is -0.170. The summed E-state index contributed by atoms with van der Waals surface area (Å²) in [5.74, 6) is 0.516. The predicted octanol–water partition coefficient (Wildman–Crippen LogP) is 1.56. The van der Waals surface area contributed by atoms with E-state index in [1.54, 1.807) is 17.9 Å². The lowest BCUT2D eigenvalue weighted by Gasteiger charge is -2.15. The number of hydrogen-bond donors (Lipinski definition) is 1. The van der Waals surface area contributed by atoms with E-state index in [9.17, 15) is 9.59 Å². The average molecular weight is 341 g/mol. The Morgan fingerprint density at radius 2 is 2.20 bits per heavy atom. The van der Waals surface area contributed by atoms with E-state index in [1.165, 1.54) is 0 Å². The van der Waals surface area contributed by atoms with Gasteiger partial charge in [0.2, 0.25) is 5.91 Å². The highest BCUT2D eigenvalue weighted by molar-refractivity contribution is 9.10. The monoisotopic (exact) mass is 340 g/mol. The molecule has 2 amide bonds. The van der Waals surface area contributed by atoms with Crippen molar-refractivity contribution in [1.82, 2.24) is 10.2 Å². The Balaban J connectivity index is 1.77. The Morgan fingerprint density at radius 3 is 2.85 bits per heavy atom. The molecule has 0 saturated carbocycles. The lowest BCUT2D eigenvalue weighted by molar-refractivity contribution is -0.128. The van der Waals surface area contributed by atoms with Gasteiger partial charge in [0.15, 0.2) is 6.61 Å². The summed E-state index contributed by atoms with van der Waals surface area (Å²) in [6, 6.07) is 7.40. The van der Waals surface area contributed by atoms with Crippen LogP contribution in [0.4, 0.5) is 0 Å². The van der Waals surface area contributed by atoms with E-state index in [0.717, 1.165) is 10.9 Å². The lowest BCUT2D eigenvalue weighted by Crippen LogP contribution is -2.40. The summed E-state index contributed by atoms with van der Waals surface area (Å²) < 4.78 is 6.26. The third kappa shape index (κ3) is 3.96. The molecule has 0 bridgehead atoms. The summed E-state index contributed by atoms with van der Waals surface area (Å²) in [5, 5.41) is 2.88. The first kappa shape index (κ1) is 14.8. The van der Waals surface area contributed by atoms with Crippen LogP contribution in [0.1, 0.15) is 13.3 Å². The Labute approximate surface area is 126 Å². The minimum absolute atomic E-state index is 0.0224. The largest absolute Gasteiger partial charge is 0.483 e. The van der Waals surface area contributed by atoms with Crippen LogP contribution >= 0.6 is 15.9 Å². The fraction of sp³-hybridized carbons (Fsp3) is 0.429. The minimum Gasteiger partial charge on any atom is -0.483 e. The number of amides is 2. The highest BCUT2D eigenvalue weighted by atomic mass is 79.9. The maximum atomic E-state index is 11.8. The van der Waals surface area contributed by atoms with Crippen molar-refractivity contribution >= 4 is 27.7 Å². The number of rotatable bonds is 4. The van der Waals surface area contributed by atoms with Gasteiger partial charge in [0.25, 0.3) is 5.91 Å². The highest BCUT2D eigenvalue weighted by Gasteiger charge is 2.25. The van der Waals surface area contributed by atoms with E-state index in [1.807, 2.05) is 18.2 Å². The molecule has 1 unspecified atom stereocenters. The quantitative estimate of drug-likeness (QED) is 0.904. The average Bonchev–Trinajstić information content (AvgIpc) is 2.86.